The molecule has 114 valence electrons. The first-order valence-electron chi connectivity index (χ1n) is 6.58. The summed E-state index contributed by atoms with van der Waals surface area (Å²) in [4.78, 5) is 14.3. The van der Waals surface area contributed by atoms with E-state index in [4.69, 9.17) is 19.7 Å². The highest BCUT2D eigenvalue weighted by atomic mass is 16.5. The van der Waals surface area contributed by atoms with Crippen molar-refractivity contribution in [2.45, 2.75) is 25.8 Å². The van der Waals surface area contributed by atoms with Gasteiger partial charge in [0.25, 0.3) is 0 Å². The van der Waals surface area contributed by atoms with Crippen LogP contribution in [-0.2, 0) is 9.53 Å². The average Bonchev–Trinajstić information content (AvgIpc) is 2.51. The zero-order valence-corrected chi connectivity index (χ0v) is 12.4. The van der Waals surface area contributed by atoms with Gasteiger partial charge in [0.05, 0.1) is 26.9 Å². The summed E-state index contributed by atoms with van der Waals surface area (Å²) in [6.07, 6.45) is 0.504. The van der Waals surface area contributed by atoms with E-state index in [1.54, 1.807) is 32.2 Å². The van der Waals surface area contributed by atoms with E-state index in [1.807, 2.05) is 0 Å². The van der Waals surface area contributed by atoms with E-state index in [0.29, 0.717) is 30.1 Å². The minimum atomic E-state index is -0.524. The zero-order chi connectivity index (χ0) is 15.7. The van der Waals surface area contributed by atoms with Crippen LogP contribution in [-0.4, -0.2) is 26.8 Å². The van der Waals surface area contributed by atoms with Gasteiger partial charge in [-0.25, -0.2) is 0 Å². The van der Waals surface area contributed by atoms with Gasteiger partial charge in [0, 0.05) is 16.9 Å². The van der Waals surface area contributed by atoms with Crippen molar-refractivity contribution in [3.05, 3.63) is 34.2 Å². The SMILES string of the molecule is CCOC(=O)CCC(N=[N+]=[N-])c1cc(OC)ccc1OC. The number of ether oxygens (including phenoxy) is 3. The second-order valence-electron chi connectivity index (χ2n) is 4.17. The van der Waals surface area contributed by atoms with Crippen molar-refractivity contribution in [3.8, 4) is 11.5 Å². The molecule has 0 bridgehead atoms. The molecule has 0 saturated heterocycles. The van der Waals surface area contributed by atoms with Gasteiger partial charge in [-0.1, -0.05) is 5.11 Å². The molecule has 1 unspecified atom stereocenters. The van der Waals surface area contributed by atoms with Gasteiger partial charge in [-0.2, -0.15) is 0 Å². The van der Waals surface area contributed by atoms with E-state index in [-0.39, 0.29) is 12.4 Å². The van der Waals surface area contributed by atoms with E-state index in [0.717, 1.165) is 0 Å². The molecule has 0 N–H and O–H groups in total. The Hall–Kier alpha value is -2.40. The third-order valence-electron chi connectivity index (χ3n) is 2.91. The van der Waals surface area contributed by atoms with Crippen LogP contribution in [0.15, 0.2) is 23.3 Å². The summed E-state index contributed by atoms with van der Waals surface area (Å²) in [5.41, 5.74) is 9.41. The van der Waals surface area contributed by atoms with E-state index >= 15 is 0 Å². The Labute approximate surface area is 123 Å². The predicted molar refractivity (Wildman–Crippen MR) is 77.3 cm³/mol. The number of carbonyl (C=O) groups is 1. The number of rotatable bonds is 8. The fourth-order valence-corrected chi connectivity index (χ4v) is 1.93. The van der Waals surface area contributed by atoms with Gasteiger partial charge in [0.2, 0.25) is 0 Å². The van der Waals surface area contributed by atoms with Gasteiger partial charge in [0.15, 0.2) is 0 Å². The molecule has 1 aromatic carbocycles. The third-order valence-corrected chi connectivity index (χ3v) is 2.91. The summed E-state index contributed by atoms with van der Waals surface area (Å²) in [5.74, 6) is 0.884. The molecule has 0 aliphatic rings. The normalized spacial score (nSPS) is 11.2. The molecule has 1 atom stereocenters. The fourth-order valence-electron chi connectivity index (χ4n) is 1.93. The molecule has 0 radical (unpaired) electrons. The van der Waals surface area contributed by atoms with E-state index in [2.05, 4.69) is 10.0 Å². The lowest BCUT2D eigenvalue weighted by Crippen LogP contribution is -2.07. The monoisotopic (exact) mass is 293 g/mol. The molecule has 21 heavy (non-hydrogen) atoms. The van der Waals surface area contributed by atoms with Crippen molar-refractivity contribution >= 4 is 5.97 Å². The minimum Gasteiger partial charge on any atom is -0.497 e. The number of methoxy groups -OCH3 is 2. The van der Waals surface area contributed by atoms with Gasteiger partial charge < -0.3 is 14.2 Å². The maximum Gasteiger partial charge on any atom is 0.305 e. The zero-order valence-electron chi connectivity index (χ0n) is 12.4. The molecular formula is C14H19N3O4. The number of hydrogen-bond acceptors (Lipinski definition) is 5. The van der Waals surface area contributed by atoms with Crippen LogP contribution in [0.2, 0.25) is 0 Å². The van der Waals surface area contributed by atoms with Crippen LogP contribution in [0.25, 0.3) is 10.4 Å². The molecule has 0 fully saturated rings. The molecule has 0 aliphatic carbocycles. The highest BCUT2D eigenvalue weighted by molar-refractivity contribution is 5.69. The maximum atomic E-state index is 11.4. The smallest absolute Gasteiger partial charge is 0.305 e. The topological polar surface area (TPSA) is 93.5 Å². The number of azide groups is 1. The Morgan fingerprint density at radius 3 is 2.71 bits per heavy atom. The predicted octanol–water partition coefficient (Wildman–Crippen LogP) is 3.40. The fraction of sp³-hybridized carbons (Fsp3) is 0.500. The minimum absolute atomic E-state index is 0.165. The molecule has 0 spiro atoms. The first kappa shape index (κ1) is 16.7. The van der Waals surface area contributed by atoms with E-state index in [9.17, 15) is 4.79 Å². The second-order valence-corrected chi connectivity index (χ2v) is 4.17. The van der Waals surface area contributed by atoms with Crippen molar-refractivity contribution < 1.29 is 19.0 Å². The van der Waals surface area contributed by atoms with Crippen LogP contribution >= 0.6 is 0 Å². The van der Waals surface area contributed by atoms with Gasteiger partial charge in [0.1, 0.15) is 11.5 Å². The quantitative estimate of drug-likeness (QED) is 0.318. The van der Waals surface area contributed by atoms with Gasteiger partial charge in [-0.05, 0) is 37.1 Å². The van der Waals surface area contributed by atoms with Gasteiger partial charge in [-0.15, -0.1) is 0 Å². The largest absolute Gasteiger partial charge is 0.497 e. The van der Waals surface area contributed by atoms with Crippen LogP contribution < -0.4 is 9.47 Å². The summed E-state index contributed by atoms with van der Waals surface area (Å²) < 4.78 is 15.3. The maximum absolute atomic E-state index is 11.4. The van der Waals surface area contributed by atoms with Crippen molar-refractivity contribution in [3.63, 3.8) is 0 Å². The Morgan fingerprint density at radius 2 is 2.14 bits per heavy atom. The highest BCUT2D eigenvalue weighted by Gasteiger charge is 2.18. The molecule has 7 nitrogen and oxygen atoms in total. The molecule has 1 rings (SSSR count). The average molecular weight is 293 g/mol. The molecule has 1 aromatic rings. The lowest BCUT2D eigenvalue weighted by molar-refractivity contribution is -0.143. The van der Waals surface area contributed by atoms with Crippen LogP contribution in [0.1, 0.15) is 31.4 Å². The summed E-state index contributed by atoms with van der Waals surface area (Å²) in [6, 6.07) is 4.70. The molecule has 7 heteroatoms. The molecule has 0 amide bonds. The lowest BCUT2D eigenvalue weighted by Gasteiger charge is -2.16. The number of esters is 1. The first-order chi connectivity index (χ1) is 10.2. The molecular weight excluding hydrogens is 274 g/mol. The van der Waals surface area contributed by atoms with Crippen LogP contribution in [0, 0.1) is 0 Å². The Kier molecular flexibility index (Phi) is 6.91. The van der Waals surface area contributed by atoms with E-state index in [1.165, 1.54) is 7.11 Å². The summed E-state index contributed by atoms with van der Waals surface area (Å²) in [7, 11) is 3.08. The lowest BCUT2D eigenvalue weighted by atomic mass is 10.0. The molecule has 0 aliphatic heterocycles. The Bertz CT molecular complexity index is 527. The van der Waals surface area contributed by atoms with Crippen molar-refractivity contribution in [2.24, 2.45) is 5.11 Å². The van der Waals surface area contributed by atoms with Crippen molar-refractivity contribution in [1.29, 1.82) is 0 Å². The third kappa shape index (κ3) is 4.89. The molecule has 0 saturated carbocycles. The van der Waals surface area contributed by atoms with Crippen molar-refractivity contribution in [2.75, 3.05) is 20.8 Å². The standard InChI is InChI=1S/C14H19N3O4/c1-4-21-14(18)8-6-12(16-17-15)11-9-10(19-2)5-7-13(11)20-3/h5,7,9,12H,4,6,8H2,1-3H3. The Morgan fingerprint density at radius 1 is 1.38 bits per heavy atom. The first-order valence-corrected chi connectivity index (χ1v) is 6.58. The number of benzene rings is 1. The molecule has 0 heterocycles. The van der Waals surface area contributed by atoms with Gasteiger partial charge in [-0.3, -0.25) is 4.79 Å². The molecule has 0 aromatic heterocycles. The number of nitrogens with zero attached hydrogens (tertiary/aromatic N) is 3. The van der Waals surface area contributed by atoms with Crippen LogP contribution in [0.4, 0.5) is 0 Å². The van der Waals surface area contributed by atoms with Crippen molar-refractivity contribution in [1.82, 2.24) is 0 Å². The van der Waals surface area contributed by atoms with Gasteiger partial charge >= 0.3 is 5.97 Å². The summed E-state index contributed by atoms with van der Waals surface area (Å²) in [6.45, 7) is 2.07. The summed E-state index contributed by atoms with van der Waals surface area (Å²) in [5, 5.41) is 3.75. The second kappa shape index (κ2) is 8.71. The summed E-state index contributed by atoms with van der Waals surface area (Å²) >= 11 is 0. The number of carbonyl (C=O) groups excluding carboxylic acids is 1. The number of hydrogen-bond donors (Lipinski definition) is 0. The van der Waals surface area contributed by atoms with E-state index < -0.39 is 6.04 Å². The highest BCUT2D eigenvalue weighted by Crippen LogP contribution is 2.34. The van der Waals surface area contributed by atoms with Crippen LogP contribution in [0.5, 0.6) is 11.5 Å². The van der Waals surface area contributed by atoms with Crippen LogP contribution in [0.3, 0.4) is 0 Å². The Balaban J connectivity index is 2.98.